The van der Waals surface area contributed by atoms with Crippen LogP contribution in [-0.4, -0.2) is 75.8 Å². The molecule has 0 aliphatic carbocycles. The molecule has 0 saturated carbocycles. The van der Waals surface area contributed by atoms with Crippen molar-refractivity contribution in [3.05, 3.63) is 0 Å². The fourth-order valence-corrected chi connectivity index (χ4v) is 2.50. The summed E-state index contributed by atoms with van der Waals surface area (Å²) in [6.45, 7) is 10.4. The smallest absolute Gasteiger partial charge is 0.0589 e. The molecule has 1 saturated heterocycles. The molecular weight excluding hydrogens is 244 g/mol. The van der Waals surface area contributed by atoms with Gasteiger partial charge in [0.25, 0.3) is 0 Å². The maximum Gasteiger partial charge on any atom is 0.0589 e. The summed E-state index contributed by atoms with van der Waals surface area (Å²) < 4.78 is 10.8. The molecule has 19 heavy (non-hydrogen) atoms. The molecular formula is C14H30N2O3. The minimum absolute atomic E-state index is 0.174. The number of hydrogen-bond donors (Lipinski definition) is 2. The lowest BCUT2D eigenvalue weighted by molar-refractivity contribution is 0.0754. The quantitative estimate of drug-likeness (QED) is 0.601. The molecule has 1 atom stereocenters. The second-order valence-electron chi connectivity index (χ2n) is 5.83. The Morgan fingerprint density at radius 2 is 2.21 bits per heavy atom. The fraction of sp³-hybridized carbons (Fsp3) is 1.00. The normalized spacial score (nSPS) is 23.7. The third kappa shape index (κ3) is 6.19. The van der Waals surface area contributed by atoms with Crippen LogP contribution < -0.4 is 5.32 Å². The van der Waals surface area contributed by atoms with Gasteiger partial charge in [0.1, 0.15) is 0 Å². The van der Waals surface area contributed by atoms with Crippen LogP contribution in [0.25, 0.3) is 0 Å². The second kappa shape index (κ2) is 8.87. The van der Waals surface area contributed by atoms with Crippen molar-refractivity contribution >= 4 is 0 Å². The lowest BCUT2D eigenvalue weighted by atomic mass is 9.86. The summed E-state index contributed by atoms with van der Waals surface area (Å²) >= 11 is 0. The standard InChI is InChI=1S/C14H30N2O3/c1-13(2)15-10-14(4-8-19-12-14)11-16(5-7-17)6-9-18-3/h13,15,17H,4-12H2,1-3H3. The predicted molar refractivity (Wildman–Crippen MR) is 76.4 cm³/mol. The molecule has 5 heteroatoms. The van der Waals surface area contributed by atoms with Crippen molar-refractivity contribution in [2.24, 2.45) is 5.41 Å². The van der Waals surface area contributed by atoms with E-state index < -0.39 is 0 Å². The highest BCUT2D eigenvalue weighted by atomic mass is 16.5. The molecule has 2 N–H and O–H groups in total. The first-order valence-electron chi connectivity index (χ1n) is 7.25. The highest BCUT2D eigenvalue weighted by molar-refractivity contribution is 4.89. The van der Waals surface area contributed by atoms with E-state index in [1.165, 1.54) is 0 Å². The molecule has 0 bridgehead atoms. The summed E-state index contributed by atoms with van der Waals surface area (Å²) in [6.07, 6.45) is 1.08. The Hall–Kier alpha value is -0.200. The van der Waals surface area contributed by atoms with E-state index in [0.717, 1.165) is 39.3 Å². The monoisotopic (exact) mass is 274 g/mol. The van der Waals surface area contributed by atoms with Crippen molar-refractivity contribution in [1.29, 1.82) is 0 Å². The molecule has 1 unspecified atom stereocenters. The van der Waals surface area contributed by atoms with Crippen molar-refractivity contribution < 1.29 is 14.6 Å². The molecule has 1 aliphatic heterocycles. The van der Waals surface area contributed by atoms with Gasteiger partial charge in [-0.15, -0.1) is 0 Å². The molecule has 0 spiro atoms. The van der Waals surface area contributed by atoms with Crippen molar-refractivity contribution in [3.8, 4) is 0 Å². The first kappa shape index (κ1) is 16.9. The summed E-state index contributed by atoms with van der Waals surface area (Å²) in [5.74, 6) is 0. The number of hydrogen-bond acceptors (Lipinski definition) is 5. The highest BCUT2D eigenvalue weighted by Crippen LogP contribution is 2.29. The Kier molecular flexibility index (Phi) is 7.87. The van der Waals surface area contributed by atoms with Crippen LogP contribution in [0, 0.1) is 5.41 Å². The minimum atomic E-state index is 0.174. The van der Waals surface area contributed by atoms with Crippen LogP contribution >= 0.6 is 0 Å². The van der Waals surface area contributed by atoms with E-state index in [1.807, 2.05) is 0 Å². The van der Waals surface area contributed by atoms with E-state index in [9.17, 15) is 5.11 Å². The van der Waals surface area contributed by atoms with Crippen LogP contribution in [0.3, 0.4) is 0 Å². The Balaban J connectivity index is 2.53. The first-order valence-corrected chi connectivity index (χ1v) is 7.25. The first-order chi connectivity index (χ1) is 9.12. The summed E-state index contributed by atoms with van der Waals surface area (Å²) in [5.41, 5.74) is 0.174. The number of methoxy groups -OCH3 is 1. The summed E-state index contributed by atoms with van der Waals surface area (Å²) in [7, 11) is 1.71. The van der Waals surface area contributed by atoms with Gasteiger partial charge in [0.05, 0.1) is 19.8 Å². The second-order valence-corrected chi connectivity index (χ2v) is 5.83. The number of aliphatic hydroxyl groups is 1. The molecule has 0 aromatic rings. The van der Waals surface area contributed by atoms with Crippen molar-refractivity contribution in [3.63, 3.8) is 0 Å². The average Bonchev–Trinajstić information content (AvgIpc) is 2.83. The topological polar surface area (TPSA) is 54.0 Å². The van der Waals surface area contributed by atoms with Crippen molar-refractivity contribution in [2.75, 3.05) is 59.7 Å². The SMILES string of the molecule is COCCN(CCO)CC1(CNC(C)C)CCOC1. The molecule has 1 aliphatic rings. The highest BCUT2D eigenvalue weighted by Gasteiger charge is 2.36. The summed E-state index contributed by atoms with van der Waals surface area (Å²) in [4.78, 5) is 2.28. The number of ether oxygens (including phenoxy) is 2. The largest absolute Gasteiger partial charge is 0.395 e. The summed E-state index contributed by atoms with van der Waals surface area (Å²) in [5, 5.41) is 12.7. The Bertz CT molecular complexity index is 231. The van der Waals surface area contributed by atoms with Crippen LogP contribution in [0.4, 0.5) is 0 Å². The third-order valence-corrected chi connectivity index (χ3v) is 3.66. The zero-order chi connectivity index (χ0) is 14.1. The maximum absolute atomic E-state index is 9.18. The number of aliphatic hydroxyl groups excluding tert-OH is 1. The lowest BCUT2D eigenvalue weighted by Gasteiger charge is -2.34. The predicted octanol–water partition coefficient (Wildman–Crippen LogP) is 0.332. The average molecular weight is 274 g/mol. The molecule has 1 rings (SSSR count). The molecule has 114 valence electrons. The molecule has 1 heterocycles. The maximum atomic E-state index is 9.18. The van der Waals surface area contributed by atoms with Crippen LogP contribution in [0.15, 0.2) is 0 Å². The van der Waals surface area contributed by atoms with Gasteiger partial charge in [0, 0.05) is 51.4 Å². The van der Waals surface area contributed by atoms with E-state index in [1.54, 1.807) is 7.11 Å². The number of nitrogens with one attached hydrogen (secondary N) is 1. The van der Waals surface area contributed by atoms with Gasteiger partial charge in [-0.25, -0.2) is 0 Å². The van der Waals surface area contributed by atoms with Gasteiger partial charge in [-0.3, -0.25) is 4.90 Å². The number of rotatable bonds is 10. The summed E-state index contributed by atoms with van der Waals surface area (Å²) in [6, 6.07) is 0.489. The molecule has 0 aromatic heterocycles. The van der Waals surface area contributed by atoms with Gasteiger partial charge < -0.3 is 19.9 Å². The van der Waals surface area contributed by atoms with Gasteiger partial charge in [-0.05, 0) is 6.42 Å². The van der Waals surface area contributed by atoms with E-state index in [-0.39, 0.29) is 12.0 Å². The van der Waals surface area contributed by atoms with Crippen molar-refractivity contribution in [2.45, 2.75) is 26.3 Å². The van der Waals surface area contributed by atoms with Crippen molar-refractivity contribution in [1.82, 2.24) is 10.2 Å². The molecule has 5 nitrogen and oxygen atoms in total. The Morgan fingerprint density at radius 1 is 1.42 bits per heavy atom. The van der Waals surface area contributed by atoms with Crippen LogP contribution in [-0.2, 0) is 9.47 Å². The van der Waals surface area contributed by atoms with E-state index in [2.05, 4.69) is 24.1 Å². The van der Waals surface area contributed by atoms with Crippen LogP contribution in [0.5, 0.6) is 0 Å². The Labute approximate surface area is 117 Å². The number of nitrogens with zero attached hydrogens (tertiary/aromatic N) is 1. The Morgan fingerprint density at radius 3 is 2.74 bits per heavy atom. The lowest BCUT2D eigenvalue weighted by Crippen LogP contribution is -2.47. The zero-order valence-corrected chi connectivity index (χ0v) is 12.7. The van der Waals surface area contributed by atoms with Crippen LogP contribution in [0.2, 0.25) is 0 Å². The van der Waals surface area contributed by atoms with E-state index in [4.69, 9.17) is 9.47 Å². The van der Waals surface area contributed by atoms with Gasteiger partial charge in [0.15, 0.2) is 0 Å². The third-order valence-electron chi connectivity index (χ3n) is 3.66. The van der Waals surface area contributed by atoms with E-state index in [0.29, 0.717) is 19.2 Å². The minimum Gasteiger partial charge on any atom is -0.395 e. The molecule has 0 aromatic carbocycles. The van der Waals surface area contributed by atoms with Gasteiger partial charge in [-0.1, -0.05) is 13.8 Å². The van der Waals surface area contributed by atoms with Gasteiger partial charge >= 0.3 is 0 Å². The molecule has 0 radical (unpaired) electrons. The van der Waals surface area contributed by atoms with E-state index >= 15 is 0 Å². The van der Waals surface area contributed by atoms with Gasteiger partial charge in [0.2, 0.25) is 0 Å². The molecule has 1 fully saturated rings. The van der Waals surface area contributed by atoms with Crippen LogP contribution in [0.1, 0.15) is 20.3 Å². The fourth-order valence-electron chi connectivity index (χ4n) is 2.50. The van der Waals surface area contributed by atoms with Gasteiger partial charge in [-0.2, -0.15) is 0 Å². The molecule has 0 amide bonds. The zero-order valence-electron chi connectivity index (χ0n) is 12.7.